The Bertz CT molecular complexity index is 924. The molecule has 132 valence electrons. The first-order valence-electron chi connectivity index (χ1n) is 7.68. The van der Waals surface area contributed by atoms with E-state index in [9.17, 15) is 17.6 Å². The van der Waals surface area contributed by atoms with E-state index in [1.807, 2.05) is 13.8 Å². The largest absolute Gasteiger partial charge is 0.382 e. The summed E-state index contributed by atoms with van der Waals surface area (Å²) in [6.45, 7) is 3.67. The van der Waals surface area contributed by atoms with Crippen molar-refractivity contribution < 1.29 is 21.8 Å². The molecule has 2 N–H and O–H groups in total. The van der Waals surface area contributed by atoms with Crippen LogP contribution in [0.15, 0.2) is 36.4 Å². The van der Waals surface area contributed by atoms with Crippen molar-refractivity contribution in [3.05, 3.63) is 53.3 Å². The van der Waals surface area contributed by atoms with Gasteiger partial charge >= 0.3 is 10.3 Å². The summed E-state index contributed by atoms with van der Waals surface area (Å²) in [5.74, 6) is -0.620. The summed E-state index contributed by atoms with van der Waals surface area (Å²) in [6.07, 6.45) is 0. The minimum Gasteiger partial charge on any atom is -0.370 e. The Kier molecular flexibility index (Phi) is 4.49. The molecular weight excluding hydrogens is 347 g/mol. The number of hydrogen-bond acceptors (Lipinski definition) is 4. The van der Waals surface area contributed by atoms with E-state index in [1.165, 1.54) is 12.1 Å². The van der Waals surface area contributed by atoms with Gasteiger partial charge in [-0.3, -0.25) is 4.79 Å². The van der Waals surface area contributed by atoms with Crippen molar-refractivity contribution in [2.75, 3.05) is 0 Å². The molecule has 0 spiro atoms. The SMILES string of the molecule is CC(C)NC(=O)c1ccc(-c2cc(F)cc3c2OS(=O)(=O)NC3)cc1. The molecule has 1 heterocycles. The molecule has 0 aromatic heterocycles. The smallest absolute Gasteiger partial charge is 0.370 e. The lowest BCUT2D eigenvalue weighted by molar-refractivity contribution is 0.0943. The van der Waals surface area contributed by atoms with Gasteiger partial charge in [0, 0.05) is 29.3 Å². The number of halogens is 1. The van der Waals surface area contributed by atoms with Crippen LogP contribution in [0.1, 0.15) is 29.8 Å². The lowest BCUT2D eigenvalue weighted by Crippen LogP contribution is -2.32. The van der Waals surface area contributed by atoms with Gasteiger partial charge in [0.25, 0.3) is 5.91 Å². The highest BCUT2D eigenvalue weighted by Crippen LogP contribution is 2.37. The number of amides is 1. The Morgan fingerprint density at radius 3 is 2.56 bits per heavy atom. The topological polar surface area (TPSA) is 84.5 Å². The van der Waals surface area contributed by atoms with Crippen molar-refractivity contribution in [2.45, 2.75) is 26.4 Å². The van der Waals surface area contributed by atoms with Crippen LogP contribution in [0.4, 0.5) is 4.39 Å². The minimum absolute atomic E-state index is 0.00789. The second kappa shape index (κ2) is 6.45. The van der Waals surface area contributed by atoms with E-state index >= 15 is 0 Å². The normalized spacial score (nSPS) is 15.4. The van der Waals surface area contributed by atoms with Crippen LogP contribution < -0.4 is 14.2 Å². The summed E-state index contributed by atoms with van der Waals surface area (Å²) < 4.78 is 44.4. The number of hydrogen-bond donors (Lipinski definition) is 2. The fourth-order valence-electron chi connectivity index (χ4n) is 2.55. The molecule has 0 atom stereocenters. The second-order valence-corrected chi connectivity index (χ2v) is 7.37. The monoisotopic (exact) mass is 364 g/mol. The van der Waals surface area contributed by atoms with Crippen molar-refractivity contribution in [3.63, 3.8) is 0 Å². The summed E-state index contributed by atoms with van der Waals surface area (Å²) in [4.78, 5) is 12.0. The van der Waals surface area contributed by atoms with Gasteiger partial charge in [0.05, 0.1) is 0 Å². The van der Waals surface area contributed by atoms with Crippen LogP contribution in [0, 0.1) is 5.82 Å². The van der Waals surface area contributed by atoms with E-state index in [1.54, 1.807) is 24.3 Å². The number of fused-ring (bicyclic) bond motifs is 1. The quantitative estimate of drug-likeness (QED) is 0.876. The van der Waals surface area contributed by atoms with Crippen LogP contribution in [0.3, 0.4) is 0 Å². The fourth-order valence-corrected chi connectivity index (χ4v) is 3.35. The van der Waals surface area contributed by atoms with Gasteiger partial charge in [-0.25, -0.2) is 4.39 Å². The molecule has 0 unspecified atom stereocenters. The van der Waals surface area contributed by atoms with Gasteiger partial charge in [-0.15, -0.1) is 0 Å². The zero-order valence-corrected chi connectivity index (χ0v) is 14.5. The lowest BCUT2D eigenvalue weighted by atomic mass is 9.99. The Hall–Kier alpha value is -2.45. The van der Waals surface area contributed by atoms with Crippen molar-refractivity contribution in [2.24, 2.45) is 0 Å². The van der Waals surface area contributed by atoms with Gasteiger partial charge in [-0.2, -0.15) is 13.1 Å². The molecule has 1 aliphatic heterocycles. The molecule has 3 rings (SSSR count). The van der Waals surface area contributed by atoms with Crippen LogP contribution >= 0.6 is 0 Å². The third kappa shape index (κ3) is 3.80. The standard InChI is InChI=1S/C17H17FN2O4S/c1-10(2)20-17(21)12-5-3-11(4-6-12)15-8-14(18)7-13-9-19-25(22,23)24-16(13)15/h3-8,10,19H,9H2,1-2H3,(H,20,21). The Labute approximate surface area is 145 Å². The van der Waals surface area contributed by atoms with Crippen molar-refractivity contribution in [1.82, 2.24) is 10.0 Å². The molecule has 1 aliphatic rings. The van der Waals surface area contributed by atoms with E-state index in [2.05, 4.69) is 10.0 Å². The van der Waals surface area contributed by atoms with Gasteiger partial charge in [0.15, 0.2) is 5.75 Å². The highest BCUT2D eigenvalue weighted by molar-refractivity contribution is 7.85. The molecule has 1 amide bonds. The van der Waals surface area contributed by atoms with Crippen LogP contribution in [-0.2, 0) is 16.8 Å². The highest BCUT2D eigenvalue weighted by atomic mass is 32.2. The van der Waals surface area contributed by atoms with Gasteiger partial charge < -0.3 is 9.50 Å². The zero-order chi connectivity index (χ0) is 18.2. The third-order valence-corrected chi connectivity index (χ3v) is 4.52. The van der Waals surface area contributed by atoms with Gasteiger partial charge in [0.2, 0.25) is 0 Å². The van der Waals surface area contributed by atoms with Crippen LogP contribution in [0.2, 0.25) is 0 Å². The molecular formula is C17H17FN2O4S. The van der Waals surface area contributed by atoms with Gasteiger partial charge in [0.1, 0.15) is 5.82 Å². The number of nitrogens with one attached hydrogen (secondary N) is 2. The lowest BCUT2D eigenvalue weighted by Gasteiger charge is -2.21. The van der Waals surface area contributed by atoms with E-state index in [4.69, 9.17) is 4.18 Å². The number of benzene rings is 2. The molecule has 0 saturated carbocycles. The first-order chi connectivity index (χ1) is 11.7. The number of rotatable bonds is 3. The summed E-state index contributed by atoms with van der Waals surface area (Å²) in [5, 5.41) is 2.78. The van der Waals surface area contributed by atoms with Crippen molar-refractivity contribution >= 4 is 16.2 Å². The van der Waals surface area contributed by atoms with Crippen LogP contribution in [0.5, 0.6) is 5.75 Å². The zero-order valence-electron chi connectivity index (χ0n) is 13.7. The Morgan fingerprint density at radius 2 is 1.92 bits per heavy atom. The summed E-state index contributed by atoms with van der Waals surface area (Å²) in [6, 6.07) is 8.90. The van der Waals surface area contributed by atoms with Crippen molar-refractivity contribution in [3.8, 4) is 16.9 Å². The summed E-state index contributed by atoms with van der Waals surface area (Å²) in [7, 11) is -3.91. The molecule has 25 heavy (non-hydrogen) atoms. The molecule has 0 fully saturated rings. The first-order valence-corrected chi connectivity index (χ1v) is 9.09. The van der Waals surface area contributed by atoms with Crippen LogP contribution in [-0.4, -0.2) is 20.4 Å². The predicted octanol–water partition coefficient (Wildman–Crippen LogP) is 2.36. The Morgan fingerprint density at radius 1 is 1.24 bits per heavy atom. The highest BCUT2D eigenvalue weighted by Gasteiger charge is 2.26. The maximum atomic E-state index is 13.9. The third-order valence-electron chi connectivity index (χ3n) is 3.64. The van der Waals surface area contributed by atoms with E-state index in [-0.39, 0.29) is 24.2 Å². The predicted molar refractivity (Wildman–Crippen MR) is 90.8 cm³/mol. The molecule has 0 radical (unpaired) electrons. The summed E-state index contributed by atoms with van der Waals surface area (Å²) in [5.41, 5.74) is 1.73. The minimum atomic E-state index is -3.91. The maximum absolute atomic E-state index is 13.9. The maximum Gasteiger partial charge on any atom is 0.382 e. The fraction of sp³-hybridized carbons (Fsp3) is 0.235. The van der Waals surface area contributed by atoms with Gasteiger partial charge in [-0.05, 0) is 43.7 Å². The average Bonchev–Trinajstić information content (AvgIpc) is 2.53. The molecule has 6 nitrogen and oxygen atoms in total. The number of carbonyl (C=O) groups is 1. The van der Waals surface area contributed by atoms with Crippen molar-refractivity contribution in [1.29, 1.82) is 0 Å². The first kappa shape index (κ1) is 17.4. The van der Waals surface area contributed by atoms with E-state index in [0.29, 0.717) is 22.3 Å². The van der Waals surface area contributed by atoms with E-state index < -0.39 is 16.1 Å². The molecule has 2 aromatic carbocycles. The van der Waals surface area contributed by atoms with Crippen LogP contribution in [0.25, 0.3) is 11.1 Å². The summed E-state index contributed by atoms with van der Waals surface area (Å²) >= 11 is 0. The molecule has 2 aromatic rings. The Balaban J connectivity index is 2.00. The average molecular weight is 364 g/mol. The second-order valence-electron chi connectivity index (χ2n) is 6.01. The number of carbonyl (C=O) groups excluding carboxylic acids is 1. The molecule has 0 saturated heterocycles. The van der Waals surface area contributed by atoms with E-state index in [0.717, 1.165) is 0 Å². The molecule has 8 heteroatoms. The molecule has 0 aliphatic carbocycles. The molecule has 0 bridgehead atoms. The van der Waals surface area contributed by atoms with Gasteiger partial charge in [-0.1, -0.05) is 12.1 Å².